The minimum absolute atomic E-state index is 0.455. The zero-order chi connectivity index (χ0) is 15.6. The highest BCUT2D eigenvalue weighted by molar-refractivity contribution is 6.58. The van der Waals surface area contributed by atoms with Crippen LogP contribution in [0.4, 0.5) is 0 Å². The van der Waals surface area contributed by atoms with Crippen LogP contribution in [0, 0.1) is 0 Å². The number of hydrogen-bond donors (Lipinski definition) is 0. The molecule has 0 aromatic rings. The largest absolute Gasteiger partial charge is 0.0885 e. The second-order valence-electron chi connectivity index (χ2n) is 6.25. The van der Waals surface area contributed by atoms with Gasteiger partial charge in [-0.25, -0.2) is 0 Å². The first-order chi connectivity index (χ1) is 9.99. The van der Waals surface area contributed by atoms with E-state index in [1.165, 1.54) is 36.8 Å². The fourth-order valence-electron chi connectivity index (χ4n) is 3.49. The van der Waals surface area contributed by atoms with Crippen LogP contribution >= 0.6 is 23.2 Å². The van der Waals surface area contributed by atoms with Crippen molar-refractivity contribution < 1.29 is 0 Å². The number of allylic oxidation sites excluding steroid dienone is 8. The van der Waals surface area contributed by atoms with Gasteiger partial charge in [-0.05, 0) is 37.8 Å². The van der Waals surface area contributed by atoms with Gasteiger partial charge in [0.2, 0.25) is 0 Å². The van der Waals surface area contributed by atoms with E-state index in [9.17, 15) is 0 Å². The highest BCUT2D eigenvalue weighted by Crippen LogP contribution is 2.41. The summed E-state index contributed by atoms with van der Waals surface area (Å²) in [5.74, 6) is 0. The predicted octanol–water partition coefficient (Wildman–Crippen LogP) is 6.10. The molecule has 2 rings (SSSR count). The lowest BCUT2D eigenvalue weighted by Gasteiger charge is -2.13. The van der Waals surface area contributed by atoms with Crippen molar-refractivity contribution in [2.45, 2.75) is 66.2 Å². The van der Waals surface area contributed by atoms with Gasteiger partial charge in [-0.15, -0.1) is 0 Å². The Balaban J connectivity index is 2.33. The number of rotatable bonds is 6. The average Bonchev–Trinajstić information content (AvgIpc) is 2.85. The average molecular weight is 341 g/mol. The maximum absolute atomic E-state index is 6.44. The summed E-state index contributed by atoms with van der Waals surface area (Å²) in [7, 11) is -0.455. The highest BCUT2D eigenvalue weighted by atomic mass is 35.5. The Morgan fingerprint density at radius 3 is 1.52 bits per heavy atom. The molecular weight excluding hydrogens is 315 g/mol. The maximum Gasteiger partial charge on any atom is 0.0882 e. The van der Waals surface area contributed by atoms with Crippen LogP contribution in [0.25, 0.3) is 0 Å². The van der Waals surface area contributed by atoms with E-state index in [-0.39, 0.29) is 0 Å². The molecule has 0 amide bonds. The van der Waals surface area contributed by atoms with Crippen LogP contribution in [0.5, 0.6) is 0 Å². The van der Waals surface area contributed by atoms with Gasteiger partial charge in [0.1, 0.15) is 0 Å². The molecule has 0 aromatic heterocycles. The summed E-state index contributed by atoms with van der Waals surface area (Å²) in [6, 6.07) is 0. The molecule has 2 aliphatic rings. The van der Waals surface area contributed by atoms with E-state index in [4.69, 9.17) is 23.2 Å². The second kappa shape index (κ2) is 7.35. The summed E-state index contributed by atoms with van der Waals surface area (Å²) in [5, 5.41) is 5.39. The summed E-state index contributed by atoms with van der Waals surface area (Å²) >= 11 is 12.9. The summed E-state index contributed by atoms with van der Waals surface area (Å²) in [4.78, 5) is 0. The first-order valence-corrected chi connectivity index (χ1v) is 10.3. The van der Waals surface area contributed by atoms with E-state index in [1.54, 1.807) is 21.5 Å². The first kappa shape index (κ1) is 17.1. The Morgan fingerprint density at radius 1 is 0.810 bits per heavy atom. The van der Waals surface area contributed by atoms with Crippen molar-refractivity contribution in [3.63, 3.8) is 0 Å². The molecule has 3 heteroatoms. The van der Waals surface area contributed by atoms with E-state index in [2.05, 4.69) is 27.7 Å². The van der Waals surface area contributed by atoms with Crippen LogP contribution in [0.3, 0.4) is 0 Å². The quantitative estimate of drug-likeness (QED) is 0.512. The summed E-state index contributed by atoms with van der Waals surface area (Å²) in [6.45, 7) is 8.94. The third-order valence-electron chi connectivity index (χ3n) is 4.77. The van der Waals surface area contributed by atoms with Crippen molar-refractivity contribution in [3.8, 4) is 0 Å². The highest BCUT2D eigenvalue weighted by Gasteiger charge is 2.25. The molecule has 21 heavy (non-hydrogen) atoms. The molecule has 0 radical (unpaired) electrons. The van der Waals surface area contributed by atoms with Gasteiger partial charge >= 0.3 is 0 Å². The van der Waals surface area contributed by atoms with E-state index in [1.807, 2.05) is 0 Å². The van der Waals surface area contributed by atoms with Crippen molar-refractivity contribution in [1.29, 1.82) is 0 Å². The monoisotopic (exact) mass is 340 g/mol. The summed E-state index contributed by atoms with van der Waals surface area (Å²) < 4.78 is 0. The molecule has 0 aromatic carbocycles. The smallest absolute Gasteiger partial charge is 0.0882 e. The van der Waals surface area contributed by atoms with Crippen molar-refractivity contribution in [2.24, 2.45) is 0 Å². The van der Waals surface area contributed by atoms with Gasteiger partial charge in [0.25, 0.3) is 0 Å². The predicted molar refractivity (Wildman–Crippen MR) is 98.8 cm³/mol. The normalized spacial score (nSPS) is 19.7. The Bertz CT molecular complexity index is 512. The molecule has 0 spiro atoms. The molecule has 0 unspecified atom stereocenters. The van der Waals surface area contributed by atoms with Crippen LogP contribution < -0.4 is 0 Å². The Kier molecular flexibility index (Phi) is 5.99. The third-order valence-corrected chi connectivity index (χ3v) is 8.37. The van der Waals surface area contributed by atoms with Gasteiger partial charge in [-0.3, -0.25) is 0 Å². The summed E-state index contributed by atoms with van der Waals surface area (Å²) in [5.41, 5.74) is 5.94. The second-order valence-corrected chi connectivity index (χ2v) is 8.93. The van der Waals surface area contributed by atoms with Gasteiger partial charge in [-0.2, -0.15) is 0 Å². The van der Waals surface area contributed by atoms with Crippen molar-refractivity contribution in [2.75, 3.05) is 0 Å². The van der Waals surface area contributed by atoms with E-state index in [0.717, 1.165) is 22.9 Å². The molecule has 0 N–H and O–H groups in total. The lowest BCUT2D eigenvalue weighted by atomic mass is 10.1. The van der Waals surface area contributed by atoms with Gasteiger partial charge in [0, 0.05) is 22.9 Å². The van der Waals surface area contributed by atoms with E-state index < -0.39 is 9.52 Å². The van der Waals surface area contributed by atoms with Gasteiger partial charge in [0.05, 0.1) is 9.52 Å². The van der Waals surface area contributed by atoms with Gasteiger partial charge < -0.3 is 0 Å². The Labute approximate surface area is 141 Å². The van der Waals surface area contributed by atoms with Crippen molar-refractivity contribution in [1.82, 2.24) is 0 Å². The van der Waals surface area contributed by atoms with Crippen LogP contribution in [-0.4, -0.2) is 9.52 Å². The molecule has 0 aliphatic heterocycles. The molecular formula is C18H26Cl2Si. The van der Waals surface area contributed by atoms with Gasteiger partial charge in [0.15, 0.2) is 0 Å². The molecule has 0 saturated carbocycles. The Morgan fingerprint density at radius 2 is 1.19 bits per heavy atom. The molecule has 0 bridgehead atoms. The minimum atomic E-state index is -0.455. The molecule has 0 heterocycles. The topological polar surface area (TPSA) is 0 Å². The SMILES string of the molecule is CCCC1=C([SiH2]C2=C(CCC)CC(Cl)=C2C)C(C)=C(Cl)C1. The van der Waals surface area contributed by atoms with Crippen molar-refractivity contribution >= 4 is 32.7 Å². The van der Waals surface area contributed by atoms with Crippen LogP contribution in [0.2, 0.25) is 0 Å². The molecule has 0 nitrogen and oxygen atoms in total. The van der Waals surface area contributed by atoms with E-state index >= 15 is 0 Å². The van der Waals surface area contributed by atoms with Gasteiger partial charge in [-0.1, -0.05) is 71.4 Å². The minimum Gasteiger partial charge on any atom is -0.0885 e. The van der Waals surface area contributed by atoms with Crippen LogP contribution in [0.15, 0.2) is 42.7 Å². The third kappa shape index (κ3) is 3.57. The molecule has 0 saturated heterocycles. The zero-order valence-electron chi connectivity index (χ0n) is 13.7. The van der Waals surface area contributed by atoms with E-state index in [0.29, 0.717) is 0 Å². The Hall–Kier alpha value is -0.243. The number of halogens is 2. The standard InChI is InChI=1S/C18H26Cl2Si/c1-5-7-13-9-15(19)11(3)17(13)21-18-12(4)16(20)10-14(18)8-6-2/h5-10,21H2,1-4H3. The van der Waals surface area contributed by atoms with Crippen molar-refractivity contribution in [3.05, 3.63) is 42.7 Å². The lowest BCUT2D eigenvalue weighted by molar-refractivity contribution is 0.880. The first-order valence-electron chi connectivity index (χ1n) is 8.12. The van der Waals surface area contributed by atoms with Crippen LogP contribution in [0.1, 0.15) is 66.2 Å². The maximum atomic E-state index is 6.44. The zero-order valence-corrected chi connectivity index (χ0v) is 16.6. The van der Waals surface area contributed by atoms with Crippen LogP contribution in [-0.2, 0) is 0 Å². The summed E-state index contributed by atoms with van der Waals surface area (Å²) in [6.07, 6.45) is 6.81. The lowest BCUT2D eigenvalue weighted by Crippen LogP contribution is -2.06. The number of hydrogen-bond acceptors (Lipinski definition) is 0. The molecule has 0 fully saturated rings. The molecule has 116 valence electrons. The fourth-order valence-corrected chi connectivity index (χ4v) is 6.67. The fraction of sp³-hybridized carbons (Fsp3) is 0.556. The molecule has 0 atom stereocenters. The molecule has 2 aliphatic carbocycles.